The van der Waals surface area contributed by atoms with Crippen LogP contribution < -0.4 is 28.7 Å². The summed E-state index contributed by atoms with van der Waals surface area (Å²) in [5.41, 5.74) is 6.51. The van der Waals surface area contributed by atoms with Crippen molar-refractivity contribution in [2.45, 2.75) is 5.60 Å². The molecular weight excluding hydrogens is 972 g/mol. The minimum Gasteiger partial charge on any atom is -0.493 e. The van der Waals surface area contributed by atoms with E-state index in [9.17, 15) is 4.79 Å². The van der Waals surface area contributed by atoms with E-state index in [2.05, 4.69) is 112 Å². The average molecular weight is 1010 g/mol. The maximum atomic E-state index is 14.4. The molecule has 0 N–H and O–H groups in total. The van der Waals surface area contributed by atoms with Gasteiger partial charge in [-0.15, -0.1) is 0 Å². The number of hydrogen-bond donors (Lipinski definition) is 0. The number of hydrogen-bond acceptors (Lipinski definition) is 8. The van der Waals surface area contributed by atoms with E-state index in [4.69, 9.17) is 23.7 Å². The molecule has 5 aromatic carbocycles. The molecule has 12 heteroatoms. The van der Waals surface area contributed by atoms with Crippen LogP contribution in [0.4, 0.5) is 11.4 Å². The normalized spacial score (nSPS) is 15.2. The summed E-state index contributed by atoms with van der Waals surface area (Å²) in [6.07, 6.45) is 4.02. The van der Waals surface area contributed by atoms with Gasteiger partial charge in [0.1, 0.15) is 0 Å². The summed E-state index contributed by atoms with van der Waals surface area (Å²) < 4.78 is 32.1. The predicted octanol–water partition coefficient (Wildman–Crippen LogP) is 11.5. The number of cyclic esters (lactones) is 1. The highest BCUT2D eigenvalue weighted by atomic mass is 79.9. The zero-order valence-electron chi connectivity index (χ0n) is 32.1. The van der Waals surface area contributed by atoms with Gasteiger partial charge in [-0.25, -0.2) is 4.79 Å². The lowest BCUT2D eigenvalue weighted by atomic mass is 9.83. The molecular formula is C44H40Br4N2O6. The van der Waals surface area contributed by atoms with E-state index in [1.54, 1.807) is 28.4 Å². The van der Waals surface area contributed by atoms with Crippen molar-refractivity contribution in [1.82, 2.24) is 0 Å². The Morgan fingerprint density at radius 1 is 0.536 bits per heavy atom. The van der Waals surface area contributed by atoms with Crippen LogP contribution in [0.1, 0.15) is 38.2 Å². The van der Waals surface area contributed by atoms with Crippen molar-refractivity contribution in [3.8, 4) is 23.0 Å². The van der Waals surface area contributed by atoms with Crippen molar-refractivity contribution in [3.05, 3.63) is 148 Å². The van der Waals surface area contributed by atoms with Crippen LogP contribution in [0, 0.1) is 0 Å². The summed E-state index contributed by atoms with van der Waals surface area (Å²) in [7, 11) is 14.4. The molecule has 1 aliphatic heterocycles. The number of methoxy groups -OCH3 is 4. The fourth-order valence-corrected chi connectivity index (χ4v) is 9.26. The number of ether oxygens (including phenoxy) is 5. The van der Waals surface area contributed by atoms with Gasteiger partial charge in [-0.2, -0.15) is 0 Å². The third-order valence-electron chi connectivity index (χ3n) is 9.62. The Morgan fingerprint density at radius 3 is 1.29 bits per heavy atom. The van der Waals surface area contributed by atoms with Crippen molar-refractivity contribution in [3.63, 3.8) is 0 Å². The maximum Gasteiger partial charge on any atom is 0.341 e. The molecule has 0 aromatic heterocycles. The Kier molecular flexibility index (Phi) is 12.6. The molecule has 1 aliphatic rings. The van der Waals surface area contributed by atoms with Crippen LogP contribution in [-0.2, 0) is 10.3 Å². The number of anilines is 2. The van der Waals surface area contributed by atoms with Crippen LogP contribution in [0.5, 0.6) is 23.0 Å². The molecule has 0 amide bonds. The third kappa shape index (κ3) is 7.85. The summed E-state index contributed by atoms with van der Waals surface area (Å²) in [6.45, 7) is 0. The Morgan fingerprint density at radius 2 is 0.911 bits per heavy atom. The van der Waals surface area contributed by atoms with Crippen LogP contribution in [0.3, 0.4) is 0 Å². The molecule has 0 bridgehead atoms. The molecule has 5 aromatic rings. The number of nitrogens with zero attached hydrogens (tertiary/aromatic N) is 2. The standard InChI is InChI=1S/C44H40Br4N2O6/c1-49(2)29-15-9-25(10-16-29)31(27-13-19-33(52-5)35(21-27)54-7)23-44(38-37(43(51)56-44)39(45)41(47)42(48)40(38)46)24-32(26-11-17-30(18-12-26)50(3)4)28-14-20-34(53-6)36(22-28)55-8/h9-24H,1-8H3/b31-23-,32-24-. The smallest absolute Gasteiger partial charge is 0.341 e. The first-order valence-corrected chi connectivity index (χ1v) is 20.5. The molecule has 0 radical (unpaired) electrons. The van der Waals surface area contributed by atoms with Crippen molar-refractivity contribution >= 4 is 92.2 Å². The molecule has 0 unspecified atom stereocenters. The number of benzene rings is 5. The number of carbonyl (C=O) groups excluding carboxylic acids is 1. The maximum absolute atomic E-state index is 14.4. The average Bonchev–Trinajstić information content (AvgIpc) is 3.50. The van der Waals surface area contributed by atoms with Gasteiger partial charge in [0.15, 0.2) is 28.6 Å². The predicted molar refractivity (Wildman–Crippen MR) is 239 cm³/mol. The number of esters is 1. The monoisotopic (exact) mass is 1010 g/mol. The molecule has 290 valence electrons. The van der Waals surface area contributed by atoms with E-state index in [1.165, 1.54) is 0 Å². The molecule has 0 aliphatic carbocycles. The zero-order valence-corrected chi connectivity index (χ0v) is 38.4. The first-order valence-electron chi connectivity index (χ1n) is 17.3. The second kappa shape index (κ2) is 17.1. The van der Waals surface area contributed by atoms with Gasteiger partial charge in [0, 0.05) is 63.0 Å². The number of carbonyl (C=O) groups is 1. The molecule has 6 rings (SSSR count). The molecule has 0 saturated carbocycles. The van der Waals surface area contributed by atoms with E-state index in [-0.39, 0.29) is 0 Å². The SMILES string of the molecule is COc1ccc(/C(=C\C2(/C=C(/c3ccc(N(C)C)cc3)c3ccc(OC)c(OC)c3)OC(=O)c3c(Br)c(Br)c(Br)c(Br)c32)c2ccc(N(C)C)cc2)cc1OC. The summed E-state index contributed by atoms with van der Waals surface area (Å²) >= 11 is 15.1. The van der Waals surface area contributed by atoms with Gasteiger partial charge in [0.2, 0.25) is 0 Å². The summed E-state index contributed by atoms with van der Waals surface area (Å²) in [5.74, 6) is 1.78. The largest absolute Gasteiger partial charge is 0.493 e. The molecule has 1 heterocycles. The molecule has 0 spiro atoms. The van der Waals surface area contributed by atoms with E-state index < -0.39 is 11.6 Å². The highest BCUT2D eigenvalue weighted by Gasteiger charge is 2.48. The summed E-state index contributed by atoms with van der Waals surface area (Å²) in [5, 5.41) is 0. The topological polar surface area (TPSA) is 69.7 Å². The van der Waals surface area contributed by atoms with E-state index in [1.807, 2.05) is 86.5 Å². The zero-order chi connectivity index (χ0) is 40.5. The summed E-state index contributed by atoms with van der Waals surface area (Å²) in [4.78, 5) is 18.5. The highest BCUT2D eigenvalue weighted by Crippen LogP contribution is 2.54. The lowest BCUT2D eigenvalue weighted by Gasteiger charge is -2.28. The van der Waals surface area contributed by atoms with Gasteiger partial charge in [0.05, 0.1) is 34.0 Å². The number of fused-ring (bicyclic) bond motifs is 1. The van der Waals surface area contributed by atoms with Gasteiger partial charge in [-0.05, 0) is 158 Å². The first-order chi connectivity index (χ1) is 26.8. The van der Waals surface area contributed by atoms with Crippen LogP contribution >= 0.6 is 63.7 Å². The molecule has 0 atom stereocenters. The molecule has 8 nitrogen and oxygen atoms in total. The van der Waals surface area contributed by atoms with Gasteiger partial charge >= 0.3 is 5.97 Å². The van der Waals surface area contributed by atoms with Crippen molar-refractivity contribution in [2.24, 2.45) is 0 Å². The van der Waals surface area contributed by atoms with Crippen LogP contribution in [0.25, 0.3) is 11.1 Å². The minimum absolute atomic E-state index is 0.378. The van der Waals surface area contributed by atoms with Crippen LogP contribution in [-0.4, -0.2) is 62.6 Å². The highest BCUT2D eigenvalue weighted by molar-refractivity contribution is 9.15. The second-order valence-electron chi connectivity index (χ2n) is 13.3. The molecule has 0 fully saturated rings. The number of rotatable bonds is 12. The van der Waals surface area contributed by atoms with Crippen molar-refractivity contribution < 1.29 is 28.5 Å². The number of halogens is 4. The van der Waals surface area contributed by atoms with Crippen molar-refractivity contribution in [1.29, 1.82) is 0 Å². The van der Waals surface area contributed by atoms with Gasteiger partial charge < -0.3 is 33.5 Å². The Hall–Kier alpha value is -4.23. The van der Waals surface area contributed by atoms with Crippen LogP contribution in [0.2, 0.25) is 0 Å². The van der Waals surface area contributed by atoms with Gasteiger partial charge in [-0.1, -0.05) is 36.4 Å². The van der Waals surface area contributed by atoms with E-state index >= 15 is 0 Å². The fourth-order valence-electron chi connectivity index (χ4n) is 6.67. The quantitative estimate of drug-likeness (QED) is 0.0696. The van der Waals surface area contributed by atoms with Crippen molar-refractivity contribution in [2.75, 3.05) is 66.4 Å². The Balaban J connectivity index is 1.78. The minimum atomic E-state index is -1.50. The van der Waals surface area contributed by atoms with Gasteiger partial charge in [0.25, 0.3) is 0 Å². The second-order valence-corrected chi connectivity index (χ2v) is 16.5. The van der Waals surface area contributed by atoms with E-state index in [0.29, 0.717) is 52.0 Å². The van der Waals surface area contributed by atoms with E-state index in [0.717, 1.165) is 44.8 Å². The lowest BCUT2D eigenvalue weighted by Crippen LogP contribution is -2.23. The van der Waals surface area contributed by atoms with Crippen LogP contribution in [0.15, 0.2) is 115 Å². The Labute approximate surface area is 361 Å². The first kappa shape index (κ1) is 41.4. The Bertz CT molecular complexity index is 2230. The third-order valence-corrected chi connectivity index (χ3v) is 14.4. The summed E-state index contributed by atoms with van der Waals surface area (Å²) in [6, 6.07) is 28.0. The lowest BCUT2D eigenvalue weighted by molar-refractivity contribution is 0.0298. The molecule has 56 heavy (non-hydrogen) atoms. The molecule has 0 saturated heterocycles. The van der Waals surface area contributed by atoms with Gasteiger partial charge in [-0.3, -0.25) is 0 Å². The fraction of sp³-hybridized carbons (Fsp3) is 0.205.